The van der Waals surface area contributed by atoms with Crippen molar-refractivity contribution >= 4 is 39.6 Å². The number of halogens is 2. The van der Waals surface area contributed by atoms with Gasteiger partial charge in [-0.2, -0.15) is 0 Å². The molecule has 0 saturated heterocycles. The molecule has 2 aliphatic rings. The van der Waals surface area contributed by atoms with Crippen LogP contribution in [0.2, 0.25) is 0 Å². The number of carbonyl (C=O) groups is 3. The maximum atomic E-state index is 15.1. The second kappa shape index (κ2) is 16.3. The lowest BCUT2D eigenvalue weighted by Crippen LogP contribution is -2.25. The van der Waals surface area contributed by atoms with Crippen LogP contribution in [0.3, 0.4) is 0 Å². The summed E-state index contributed by atoms with van der Waals surface area (Å²) < 4.78 is 49.8. The zero-order valence-electron chi connectivity index (χ0n) is 31.4. The Morgan fingerprint density at radius 1 is 0.661 bits per heavy atom. The first-order valence-corrected chi connectivity index (χ1v) is 18.7. The maximum Gasteiger partial charge on any atom is 0.343 e. The van der Waals surface area contributed by atoms with E-state index in [9.17, 15) is 18.8 Å². The van der Waals surface area contributed by atoms with Gasteiger partial charge in [-0.1, -0.05) is 60.7 Å². The number of fused-ring (bicyclic) bond motifs is 6. The van der Waals surface area contributed by atoms with Crippen LogP contribution in [-0.4, -0.2) is 47.7 Å². The third kappa shape index (κ3) is 7.18. The molecule has 10 nitrogen and oxygen atoms in total. The van der Waals surface area contributed by atoms with Gasteiger partial charge in [0.25, 0.3) is 0 Å². The normalized spacial score (nSPS) is 16.0. The Morgan fingerprint density at radius 2 is 1.11 bits per heavy atom. The van der Waals surface area contributed by atoms with E-state index in [1.54, 1.807) is 13.2 Å². The first-order chi connectivity index (χ1) is 27.1. The van der Waals surface area contributed by atoms with Gasteiger partial charge in [-0.25, -0.2) is 13.6 Å². The van der Waals surface area contributed by atoms with Crippen molar-refractivity contribution in [3.05, 3.63) is 130 Å². The molecule has 0 aliphatic heterocycles. The van der Waals surface area contributed by atoms with Gasteiger partial charge in [-0.05, 0) is 85.0 Å². The molecular weight excluding hydrogens is 719 g/mol. The van der Waals surface area contributed by atoms with Crippen LogP contribution in [0, 0.1) is 11.6 Å². The number of esters is 1. The van der Waals surface area contributed by atoms with E-state index in [0.717, 1.165) is 47.3 Å². The maximum absolute atomic E-state index is 15.1. The Balaban J connectivity index is 0.000000173. The summed E-state index contributed by atoms with van der Waals surface area (Å²) >= 11 is 0. The topological polar surface area (TPSA) is 141 Å². The molecule has 0 fully saturated rings. The molecule has 56 heavy (non-hydrogen) atoms. The molecule has 2 unspecified atom stereocenters. The predicted molar refractivity (Wildman–Crippen MR) is 209 cm³/mol. The van der Waals surface area contributed by atoms with Crippen molar-refractivity contribution in [1.82, 2.24) is 9.13 Å². The zero-order chi connectivity index (χ0) is 39.5. The molecular formula is C44H44F2N4O6. The minimum atomic E-state index is -0.545. The summed E-state index contributed by atoms with van der Waals surface area (Å²) in [5, 5.41) is 1.19. The number of hydrogen-bond acceptors (Lipinski definition) is 6. The highest BCUT2D eigenvalue weighted by Gasteiger charge is 2.35. The van der Waals surface area contributed by atoms with Crippen LogP contribution < -0.4 is 20.9 Å². The molecule has 0 bridgehead atoms. The highest BCUT2D eigenvalue weighted by Crippen LogP contribution is 2.45. The van der Waals surface area contributed by atoms with E-state index in [4.69, 9.17) is 20.9 Å². The number of nitrogens with zero attached hydrogens (tertiary/aromatic N) is 2. The van der Waals surface area contributed by atoms with E-state index in [0.29, 0.717) is 71.2 Å². The number of nitrogens with two attached hydrogens (primary N) is 2. The van der Waals surface area contributed by atoms with E-state index in [2.05, 4.69) is 4.74 Å². The fraction of sp³-hybridized carbons (Fsp3) is 0.295. The van der Waals surface area contributed by atoms with Gasteiger partial charge in [0.2, 0.25) is 11.8 Å². The first-order valence-electron chi connectivity index (χ1n) is 18.7. The van der Waals surface area contributed by atoms with Crippen molar-refractivity contribution in [1.29, 1.82) is 0 Å². The molecule has 4 aromatic carbocycles. The highest BCUT2D eigenvalue weighted by molar-refractivity contribution is 5.98. The molecule has 2 aromatic heterocycles. The molecule has 4 N–H and O–H groups in total. The largest absolute Gasteiger partial charge is 0.496 e. The summed E-state index contributed by atoms with van der Waals surface area (Å²) in [4.78, 5) is 35.9. The van der Waals surface area contributed by atoms with E-state index in [-0.39, 0.29) is 18.3 Å². The van der Waals surface area contributed by atoms with Gasteiger partial charge in [-0.15, -0.1) is 0 Å². The van der Waals surface area contributed by atoms with Gasteiger partial charge in [0.15, 0.2) is 6.61 Å². The van der Waals surface area contributed by atoms with Crippen LogP contribution in [0.15, 0.2) is 84.9 Å². The zero-order valence-corrected chi connectivity index (χ0v) is 31.4. The third-order valence-corrected chi connectivity index (χ3v) is 10.9. The minimum absolute atomic E-state index is 0.308. The predicted octanol–water partition coefficient (Wildman–Crippen LogP) is 7.03. The number of methoxy groups -OCH3 is 2. The van der Waals surface area contributed by atoms with E-state index >= 15 is 4.39 Å². The van der Waals surface area contributed by atoms with E-state index in [1.165, 1.54) is 25.3 Å². The quantitative estimate of drug-likeness (QED) is 0.144. The SMILES string of the molecule is COC(=O)COc1ccc(F)c2c1c1c(n2Cc2ccccc2)CCCC1C(N)=O.COc1ccc(F)c2c1c1c(n2Cc2ccccc2)CCCC1C(N)=O. The van der Waals surface area contributed by atoms with Gasteiger partial charge in [-0.3, -0.25) is 9.59 Å². The van der Waals surface area contributed by atoms with Crippen LogP contribution in [0.4, 0.5) is 8.78 Å². The second-order valence-corrected chi connectivity index (χ2v) is 14.2. The standard InChI is InChI=1S/C23H23FN2O4.C21H21FN2O2/c1-29-19(27)13-30-18-11-10-16(24)22-21(18)20-15(23(25)28)8-5-9-17(20)26(22)12-14-6-3-2-4-7-14;1-26-17-11-10-15(22)20-19(17)18-14(21(23)25)8-5-9-16(18)24(20)12-13-6-3-2-4-7-13/h2-4,6-7,10-11,15H,5,8-9,12-13H2,1H3,(H2,25,28);2-4,6-7,10-11,14H,5,8-9,12H2,1H3,(H2,23,25). The lowest BCUT2D eigenvalue weighted by molar-refractivity contribution is -0.142. The van der Waals surface area contributed by atoms with Crippen molar-refractivity contribution < 1.29 is 37.4 Å². The van der Waals surface area contributed by atoms with Crippen molar-refractivity contribution in [3.8, 4) is 11.5 Å². The van der Waals surface area contributed by atoms with Crippen LogP contribution in [0.5, 0.6) is 11.5 Å². The summed E-state index contributed by atoms with van der Waals surface area (Å²) in [6.07, 6.45) is 4.42. The number of amides is 2. The smallest absolute Gasteiger partial charge is 0.343 e. The molecule has 2 aliphatic carbocycles. The van der Waals surface area contributed by atoms with Crippen LogP contribution >= 0.6 is 0 Å². The summed E-state index contributed by atoms with van der Waals surface area (Å²) in [5.74, 6) is -2.10. The number of rotatable bonds is 10. The Bertz CT molecular complexity index is 2430. The van der Waals surface area contributed by atoms with E-state index < -0.39 is 29.5 Å². The van der Waals surface area contributed by atoms with Gasteiger partial charge in [0.1, 0.15) is 23.1 Å². The summed E-state index contributed by atoms with van der Waals surface area (Å²) in [6, 6.07) is 25.5. The molecule has 0 spiro atoms. The Hall–Kier alpha value is -6.17. The minimum Gasteiger partial charge on any atom is -0.496 e. The highest BCUT2D eigenvalue weighted by atomic mass is 19.1. The molecule has 6 aromatic rings. The van der Waals surface area contributed by atoms with Crippen molar-refractivity contribution in [3.63, 3.8) is 0 Å². The number of primary amides is 2. The summed E-state index contributed by atoms with van der Waals surface area (Å²) in [7, 11) is 2.84. The van der Waals surface area contributed by atoms with Gasteiger partial charge >= 0.3 is 5.97 Å². The summed E-state index contributed by atoms with van der Waals surface area (Å²) in [6.45, 7) is 0.689. The van der Waals surface area contributed by atoms with Crippen molar-refractivity contribution in [2.75, 3.05) is 20.8 Å². The number of ether oxygens (including phenoxy) is 3. The lowest BCUT2D eigenvalue weighted by atomic mass is 9.84. The van der Waals surface area contributed by atoms with Gasteiger partial charge < -0.3 is 34.8 Å². The number of benzene rings is 4. The molecule has 0 saturated carbocycles. The second-order valence-electron chi connectivity index (χ2n) is 14.2. The molecule has 12 heteroatoms. The average Bonchev–Trinajstić information content (AvgIpc) is 3.73. The molecule has 2 amide bonds. The average molecular weight is 763 g/mol. The fourth-order valence-electron chi connectivity index (χ4n) is 8.45. The number of carbonyl (C=O) groups excluding carboxylic acids is 3. The molecule has 0 radical (unpaired) electrons. The van der Waals surface area contributed by atoms with E-state index in [1.807, 2.05) is 69.8 Å². The molecule has 2 atom stereocenters. The molecule has 290 valence electrons. The number of hydrogen-bond donors (Lipinski definition) is 2. The number of aromatic nitrogens is 2. The Morgan fingerprint density at radius 3 is 1.54 bits per heavy atom. The summed E-state index contributed by atoms with van der Waals surface area (Å²) in [5.41, 5.74) is 17.8. The van der Waals surface area contributed by atoms with Gasteiger partial charge in [0.05, 0.1) is 37.1 Å². The van der Waals surface area contributed by atoms with Crippen LogP contribution in [0.1, 0.15) is 71.2 Å². The van der Waals surface area contributed by atoms with Gasteiger partial charge in [0, 0.05) is 35.2 Å². The van der Waals surface area contributed by atoms with Crippen molar-refractivity contribution in [2.45, 2.75) is 63.5 Å². The van der Waals surface area contributed by atoms with Crippen LogP contribution in [0.25, 0.3) is 21.8 Å². The Kier molecular flexibility index (Phi) is 11.1. The van der Waals surface area contributed by atoms with Crippen LogP contribution in [-0.2, 0) is 45.1 Å². The Labute approximate surface area is 322 Å². The first kappa shape index (κ1) is 38.1. The molecule has 2 heterocycles. The molecule has 8 rings (SSSR count). The monoisotopic (exact) mass is 762 g/mol. The van der Waals surface area contributed by atoms with Crippen molar-refractivity contribution in [2.24, 2.45) is 11.5 Å². The third-order valence-electron chi connectivity index (χ3n) is 10.9. The fourth-order valence-corrected chi connectivity index (χ4v) is 8.45. The lowest BCUT2D eigenvalue weighted by Gasteiger charge is -2.22.